The maximum atomic E-state index is 12.5. The smallest absolute Gasteiger partial charge is 0.210 e. The lowest BCUT2D eigenvalue weighted by Crippen LogP contribution is -2.04. The molecule has 2 rings (SSSR count). The van der Waals surface area contributed by atoms with Crippen LogP contribution in [-0.4, -0.2) is 20.0 Å². The molecule has 3 nitrogen and oxygen atoms in total. The molecule has 0 amide bonds. The van der Waals surface area contributed by atoms with Crippen molar-refractivity contribution in [3.8, 4) is 11.5 Å². The van der Waals surface area contributed by atoms with Gasteiger partial charge in [0.2, 0.25) is 5.78 Å². The van der Waals surface area contributed by atoms with Crippen molar-refractivity contribution >= 4 is 17.1 Å². The molecular formula is C14H14O3S. The van der Waals surface area contributed by atoms with Gasteiger partial charge in [-0.1, -0.05) is 6.07 Å². The summed E-state index contributed by atoms with van der Waals surface area (Å²) in [5, 5.41) is 0. The van der Waals surface area contributed by atoms with Crippen molar-refractivity contribution in [3.63, 3.8) is 0 Å². The fraction of sp³-hybridized carbons (Fsp3) is 0.214. The molecule has 0 spiro atoms. The summed E-state index contributed by atoms with van der Waals surface area (Å²) in [4.78, 5) is 14.3. The molecule has 1 heterocycles. The monoisotopic (exact) mass is 262 g/mol. The van der Waals surface area contributed by atoms with Crippen molar-refractivity contribution in [1.29, 1.82) is 0 Å². The average molecular weight is 262 g/mol. The minimum atomic E-state index is -0.0672. The second-order valence-electron chi connectivity index (χ2n) is 3.78. The van der Waals surface area contributed by atoms with Crippen LogP contribution in [0.15, 0.2) is 30.3 Å². The second-order valence-corrected chi connectivity index (χ2v) is 5.06. The van der Waals surface area contributed by atoms with E-state index in [9.17, 15) is 4.79 Å². The van der Waals surface area contributed by atoms with E-state index in [1.165, 1.54) is 11.3 Å². The van der Waals surface area contributed by atoms with Gasteiger partial charge in [0.25, 0.3) is 0 Å². The van der Waals surface area contributed by atoms with Crippen LogP contribution >= 0.6 is 11.3 Å². The number of carbonyl (C=O) groups is 1. The van der Waals surface area contributed by atoms with Crippen LogP contribution in [0.25, 0.3) is 0 Å². The first kappa shape index (κ1) is 12.6. The Balaban J connectivity index is 2.52. The third-order valence-corrected chi connectivity index (χ3v) is 3.62. The topological polar surface area (TPSA) is 35.5 Å². The van der Waals surface area contributed by atoms with E-state index < -0.39 is 0 Å². The number of hydrogen-bond donors (Lipinski definition) is 0. The van der Waals surface area contributed by atoms with Gasteiger partial charge in [0.1, 0.15) is 17.1 Å². The van der Waals surface area contributed by atoms with Crippen molar-refractivity contribution in [2.24, 2.45) is 0 Å². The molecule has 0 bridgehead atoms. The first-order valence-electron chi connectivity index (χ1n) is 5.49. The summed E-state index contributed by atoms with van der Waals surface area (Å²) >= 11 is 1.47. The number of hydrogen-bond acceptors (Lipinski definition) is 4. The van der Waals surface area contributed by atoms with Gasteiger partial charge in [-0.2, -0.15) is 0 Å². The van der Waals surface area contributed by atoms with E-state index in [1.807, 2.05) is 19.1 Å². The number of aryl methyl sites for hydroxylation is 1. The Hall–Kier alpha value is -1.81. The van der Waals surface area contributed by atoms with Gasteiger partial charge in [0, 0.05) is 4.88 Å². The third-order valence-electron chi connectivity index (χ3n) is 2.62. The summed E-state index contributed by atoms with van der Waals surface area (Å²) < 4.78 is 10.5. The second kappa shape index (κ2) is 5.23. The number of rotatable bonds is 4. The number of benzene rings is 1. The number of carbonyl (C=O) groups excluding carboxylic acids is 1. The Labute approximate surface area is 110 Å². The molecule has 94 valence electrons. The van der Waals surface area contributed by atoms with Gasteiger partial charge in [0.15, 0.2) is 0 Å². The normalized spacial score (nSPS) is 10.2. The van der Waals surface area contributed by atoms with Crippen LogP contribution < -0.4 is 9.47 Å². The molecule has 2 aromatic rings. The molecule has 4 heteroatoms. The van der Waals surface area contributed by atoms with Gasteiger partial charge in [-0.15, -0.1) is 11.3 Å². The number of ether oxygens (including phenoxy) is 2. The molecule has 0 atom stereocenters. The van der Waals surface area contributed by atoms with E-state index >= 15 is 0 Å². The highest BCUT2D eigenvalue weighted by Gasteiger charge is 2.20. The maximum Gasteiger partial charge on any atom is 0.210 e. The Bertz CT molecular complexity index is 550. The molecule has 0 aliphatic carbocycles. The Morgan fingerprint density at radius 1 is 1.06 bits per heavy atom. The lowest BCUT2D eigenvalue weighted by atomic mass is 10.1. The van der Waals surface area contributed by atoms with Gasteiger partial charge in [-0.05, 0) is 31.2 Å². The molecule has 0 unspecified atom stereocenters. The predicted molar refractivity (Wildman–Crippen MR) is 72.0 cm³/mol. The molecule has 1 aromatic heterocycles. The highest BCUT2D eigenvalue weighted by molar-refractivity contribution is 7.14. The largest absolute Gasteiger partial charge is 0.496 e. The Morgan fingerprint density at radius 2 is 1.67 bits per heavy atom. The van der Waals surface area contributed by atoms with E-state index in [4.69, 9.17) is 9.47 Å². The molecule has 0 aliphatic rings. The van der Waals surface area contributed by atoms with Crippen LogP contribution in [0, 0.1) is 6.92 Å². The standard InChI is InChI=1S/C14H14O3S/c1-9-7-8-12(18-9)14(15)13-10(16-2)5-4-6-11(13)17-3/h4-8H,1-3H3. The maximum absolute atomic E-state index is 12.5. The third kappa shape index (κ3) is 2.24. The van der Waals surface area contributed by atoms with Gasteiger partial charge in [0.05, 0.1) is 19.1 Å². The van der Waals surface area contributed by atoms with Crippen LogP contribution in [0.3, 0.4) is 0 Å². The van der Waals surface area contributed by atoms with Gasteiger partial charge in [-0.3, -0.25) is 4.79 Å². The van der Waals surface area contributed by atoms with E-state index in [2.05, 4.69) is 0 Å². The van der Waals surface area contributed by atoms with E-state index in [1.54, 1.807) is 32.4 Å². The van der Waals surface area contributed by atoms with E-state index in [-0.39, 0.29) is 5.78 Å². The van der Waals surface area contributed by atoms with E-state index in [0.717, 1.165) is 4.88 Å². The summed E-state index contributed by atoms with van der Waals surface area (Å²) in [6, 6.07) is 9.08. The van der Waals surface area contributed by atoms with Crippen LogP contribution in [0.5, 0.6) is 11.5 Å². The Morgan fingerprint density at radius 3 is 2.11 bits per heavy atom. The zero-order chi connectivity index (χ0) is 13.1. The SMILES string of the molecule is COc1cccc(OC)c1C(=O)c1ccc(C)s1. The molecule has 18 heavy (non-hydrogen) atoms. The predicted octanol–water partition coefficient (Wildman–Crippen LogP) is 3.30. The summed E-state index contributed by atoms with van der Waals surface area (Å²) in [7, 11) is 3.09. The minimum Gasteiger partial charge on any atom is -0.496 e. The van der Waals surface area contributed by atoms with Crippen molar-refractivity contribution in [2.45, 2.75) is 6.92 Å². The fourth-order valence-corrected chi connectivity index (χ4v) is 2.57. The molecular weight excluding hydrogens is 248 g/mol. The van der Waals surface area contributed by atoms with Crippen molar-refractivity contribution < 1.29 is 14.3 Å². The molecule has 0 aliphatic heterocycles. The quantitative estimate of drug-likeness (QED) is 0.793. The van der Waals surface area contributed by atoms with E-state index in [0.29, 0.717) is 21.9 Å². The molecule has 0 saturated heterocycles. The van der Waals surface area contributed by atoms with Gasteiger partial charge >= 0.3 is 0 Å². The number of ketones is 1. The fourth-order valence-electron chi connectivity index (χ4n) is 1.75. The van der Waals surface area contributed by atoms with Crippen molar-refractivity contribution in [3.05, 3.63) is 45.6 Å². The number of methoxy groups -OCH3 is 2. The molecule has 0 N–H and O–H groups in total. The van der Waals surface area contributed by atoms with Gasteiger partial charge < -0.3 is 9.47 Å². The summed E-state index contributed by atoms with van der Waals surface area (Å²) in [6.07, 6.45) is 0. The van der Waals surface area contributed by atoms with Crippen LogP contribution in [0.4, 0.5) is 0 Å². The summed E-state index contributed by atoms with van der Waals surface area (Å²) in [6.45, 7) is 1.97. The lowest BCUT2D eigenvalue weighted by molar-refractivity contribution is 0.103. The van der Waals surface area contributed by atoms with Crippen molar-refractivity contribution in [1.82, 2.24) is 0 Å². The van der Waals surface area contributed by atoms with Crippen molar-refractivity contribution in [2.75, 3.05) is 14.2 Å². The summed E-state index contributed by atoms with van der Waals surface area (Å²) in [5.74, 6) is 0.998. The highest BCUT2D eigenvalue weighted by Crippen LogP contribution is 2.32. The first-order chi connectivity index (χ1) is 8.67. The Kier molecular flexibility index (Phi) is 3.67. The van der Waals surface area contributed by atoms with Crippen LogP contribution in [0.1, 0.15) is 20.1 Å². The zero-order valence-electron chi connectivity index (χ0n) is 10.5. The molecule has 0 fully saturated rings. The van der Waals surface area contributed by atoms with Gasteiger partial charge in [-0.25, -0.2) is 0 Å². The molecule has 0 saturated carbocycles. The molecule has 0 radical (unpaired) electrons. The highest BCUT2D eigenvalue weighted by atomic mass is 32.1. The van der Waals surface area contributed by atoms with Crippen LogP contribution in [-0.2, 0) is 0 Å². The zero-order valence-corrected chi connectivity index (χ0v) is 11.3. The summed E-state index contributed by atoms with van der Waals surface area (Å²) in [5.41, 5.74) is 0.476. The molecule has 1 aromatic carbocycles. The minimum absolute atomic E-state index is 0.0672. The van der Waals surface area contributed by atoms with Crippen LogP contribution in [0.2, 0.25) is 0 Å². The number of thiophene rings is 1. The average Bonchev–Trinajstić information content (AvgIpc) is 2.83. The lowest BCUT2D eigenvalue weighted by Gasteiger charge is -2.11. The first-order valence-corrected chi connectivity index (χ1v) is 6.31.